The summed E-state index contributed by atoms with van der Waals surface area (Å²) in [6, 6.07) is 8.80. The van der Waals surface area contributed by atoms with Gasteiger partial charge in [0.2, 0.25) is 0 Å². The average molecular weight is 372 g/mol. The number of fused-ring (bicyclic) bond motifs is 3. The number of benzene rings is 1. The number of rotatable bonds is 3. The number of hydrogen-bond acceptors (Lipinski definition) is 5. The van der Waals surface area contributed by atoms with E-state index in [1.165, 1.54) is 19.2 Å². The molecule has 7 heteroatoms. The lowest BCUT2D eigenvalue weighted by molar-refractivity contribution is -0.147. The average Bonchev–Trinajstić information content (AvgIpc) is 3.18. The van der Waals surface area contributed by atoms with E-state index < -0.39 is 6.04 Å². The standard InChI is InChI=1S/C20H21FN2O4/c1-22-17-14(15(10-24)18(22)20(26)27-2)9-23-16(17)8-7-13(19(23)25)11-3-5-12(21)6-4-11/h3-8,14-15,17-18,24H,9-10H2,1-2H3/t14-,15-,17+,18-/m0/s1. The molecule has 0 radical (unpaired) electrons. The number of halogens is 1. The maximum Gasteiger partial charge on any atom is 0.323 e. The molecule has 27 heavy (non-hydrogen) atoms. The summed E-state index contributed by atoms with van der Waals surface area (Å²) in [5.74, 6) is -1.08. The van der Waals surface area contributed by atoms with Gasteiger partial charge in [0.1, 0.15) is 11.9 Å². The number of nitrogens with zero attached hydrogens (tertiary/aromatic N) is 2. The second kappa shape index (κ2) is 6.58. The molecular weight excluding hydrogens is 351 g/mol. The van der Waals surface area contributed by atoms with Crippen LogP contribution in [0.4, 0.5) is 4.39 Å². The lowest BCUT2D eigenvalue weighted by Crippen LogP contribution is -2.41. The van der Waals surface area contributed by atoms with Crippen molar-refractivity contribution in [2.24, 2.45) is 11.8 Å². The van der Waals surface area contributed by atoms with Gasteiger partial charge in [0.05, 0.1) is 13.2 Å². The van der Waals surface area contributed by atoms with Crippen molar-refractivity contribution < 1.29 is 19.0 Å². The van der Waals surface area contributed by atoms with Crippen LogP contribution in [0.1, 0.15) is 11.7 Å². The minimum atomic E-state index is -0.532. The molecule has 0 spiro atoms. The van der Waals surface area contributed by atoms with Crippen molar-refractivity contribution in [2.45, 2.75) is 18.6 Å². The second-order valence-corrected chi connectivity index (χ2v) is 7.18. The highest BCUT2D eigenvalue weighted by Gasteiger charge is 2.54. The third-order valence-electron chi connectivity index (χ3n) is 5.95. The predicted molar refractivity (Wildman–Crippen MR) is 96.5 cm³/mol. The molecule has 4 rings (SSSR count). The number of aliphatic hydroxyl groups is 1. The first-order chi connectivity index (χ1) is 13.0. The fourth-order valence-corrected chi connectivity index (χ4v) is 4.70. The minimum Gasteiger partial charge on any atom is -0.468 e. The third kappa shape index (κ3) is 2.61. The van der Waals surface area contributed by atoms with Gasteiger partial charge < -0.3 is 14.4 Å². The fraction of sp³-hybridized carbons (Fsp3) is 0.400. The van der Waals surface area contributed by atoms with Gasteiger partial charge in [0.25, 0.3) is 5.56 Å². The molecule has 1 aromatic carbocycles. The van der Waals surface area contributed by atoms with Crippen molar-refractivity contribution in [3.05, 3.63) is 58.3 Å². The van der Waals surface area contributed by atoms with Crippen molar-refractivity contribution in [3.8, 4) is 11.1 Å². The summed E-state index contributed by atoms with van der Waals surface area (Å²) in [5, 5.41) is 9.90. The van der Waals surface area contributed by atoms with E-state index in [4.69, 9.17) is 4.74 Å². The largest absolute Gasteiger partial charge is 0.468 e. The quantitative estimate of drug-likeness (QED) is 0.825. The molecule has 4 atom stereocenters. The van der Waals surface area contributed by atoms with Gasteiger partial charge >= 0.3 is 5.97 Å². The molecule has 0 aliphatic carbocycles. The molecule has 2 aliphatic heterocycles. The van der Waals surface area contributed by atoms with E-state index in [0.29, 0.717) is 17.7 Å². The Hall–Kier alpha value is -2.51. The Morgan fingerprint density at radius 1 is 1.26 bits per heavy atom. The van der Waals surface area contributed by atoms with Gasteiger partial charge in [-0.05, 0) is 36.9 Å². The first kappa shape index (κ1) is 17.9. The maximum absolute atomic E-state index is 13.2. The van der Waals surface area contributed by atoms with E-state index in [1.54, 1.807) is 22.8 Å². The van der Waals surface area contributed by atoms with E-state index in [9.17, 15) is 19.1 Å². The SMILES string of the molecule is COC(=O)[C@@H]1[C@@H](CO)[C@@H]2Cn3c(ccc(-c4ccc(F)cc4)c3=O)[C@@H]2N1C. The van der Waals surface area contributed by atoms with Crippen LogP contribution in [0, 0.1) is 17.7 Å². The van der Waals surface area contributed by atoms with Crippen LogP contribution in [0.2, 0.25) is 0 Å². The third-order valence-corrected chi connectivity index (χ3v) is 5.95. The Labute approximate surface area is 155 Å². The van der Waals surface area contributed by atoms with Crippen molar-refractivity contribution >= 4 is 5.97 Å². The second-order valence-electron chi connectivity index (χ2n) is 7.18. The van der Waals surface area contributed by atoms with Crippen LogP contribution >= 0.6 is 0 Å². The van der Waals surface area contributed by atoms with Gasteiger partial charge in [-0.25, -0.2) is 4.39 Å². The molecule has 0 amide bonds. The Balaban J connectivity index is 1.76. The van der Waals surface area contributed by atoms with Crippen LogP contribution in [-0.2, 0) is 16.1 Å². The van der Waals surface area contributed by atoms with E-state index in [1.807, 2.05) is 18.0 Å². The highest BCUT2D eigenvalue weighted by atomic mass is 19.1. The number of methoxy groups -OCH3 is 1. The first-order valence-electron chi connectivity index (χ1n) is 8.88. The van der Waals surface area contributed by atoms with Crippen LogP contribution in [0.15, 0.2) is 41.2 Å². The smallest absolute Gasteiger partial charge is 0.323 e. The molecule has 0 unspecified atom stereocenters. The summed E-state index contributed by atoms with van der Waals surface area (Å²) in [7, 11) is 3.16. The Kier molecular flexibility index (Phi) is 4.36. The lowest BCUT2D eigenvalue weighted by Gasteiger charge is -2.25. The Bertz CT molecular complexity index is 940. The van der Waals surface area contributed by atoms with Crippen molar-refractivity contribution in [2.75, 3.05) is 20.8 Å². The van der Waals surface area contributed by atoms with Crippen molar-refractivity contribution in [1.82, 2.24) is 9.47 Å². The van der Waals surface area contributed by atoms with Crippen LogP contribution in [0.25, 0.3) is 11.1 Å². The molecule has 2 aromatic rings. The van der Waals surface area contributed by atoms with Crippen LogP contribution < -0.4 is 5.56 Å². The van der Waals surface area contributed by atoms with Gasteiger partial charge in [-0.2, -0.15) is 0 Å². The number of likely N-dealkylation sites (tertiary alicyclic amines) is 1. The summed E-state index contributed by atoms with van der Waals surface area (Å²) in [5.41, 5.74) is 1.84. The molecule has 0 bridgehead atoms. The molecule has 1 N–H and O–H groups in total. The zero-order valence-electron chi connectivity index (χ0n) is 15.1. The van der Waals surface area contributed by atoms with Crippen LogP contribution in [0.5, 0.6) is 0 Å². The summed E-state index contributed by atoms with van der Waals surface area (Å²) in [6.07, 6.45) is 0. The number of carbonyl (C=O) groups excluding carboxylic acids is 1. The zero-order chi connectivity index (χ0) is 19.3. The number of esters is 1. The van der Waals surface area contributed by atoms with Gasteiger partial charge in [0.15, 0.2) is 0 Å². The van der Waals surface area contributed by atoms with Gasteiger partial charge in [-0.15, -0.1) is 0 Å². The number of ether oxygens (including phenoxy) is 1. The van der Waals surface area contributed by atoms with E-state index >= 15 is 0 Å². The normalized spacial score (nSPS) is 26.7. The maximum atomic E-state index is 13.2. The highest BCUT2D eigenvalue weighted by Crippen LogP contribution is 2.48. The Morgan fingerprint density at radius 3 is 2.59 bits per heavy atom. The van der Waals surface area contributed by atoms with Crippen LogP contribution in [-0.4, -0.2) is 47.3 Å². The molecule has 0 saturated carbocycles. The number of aromatic nitrogens is 1. The zero-order valence-corrected chi connectivity index (χ0v) is 15.1. The van der Waals surface area contributed by atoms with Gasteiger partial charge in [0, 0.05) is 36.2 Å². The monoisotopic (exact) mass is 372 g/mol. The number of pyridine rings is 1. The van der Waals surface area contributed by atoms with Gasteiger partial charge in [-0.3, -0.25) is 14.5 Å². The molecule has 1 saturated heterocycles. The molecule has 2 aliphatic rings. The fourth-order valence-electron chi connectivity index (χ4n) is 4.70. The number of hydrogen-bond donors (Lipinski definition) is 1. The summed E-state index contributed by atoms with van der Waals surface area (Å²) in [6.45, 7) is 0.274. The summed E-state index contributed by atoms with van der Waals surface area (Å²) in [4.78, 5) is 27.1. The predicted octanol–water partition coefficient (Wildman–Crippen LogP) is 1.42. The lowest BCUT2D eigenvalue weighted by atomic mass is 9.88. The molecule has 142 valence electrons. The number of likely N-dealkylation sites (N-methyl/N-ethyl adjacent to an activating group) is 1. The molecular formula is C20H21FN2O4. The number of carbonyl (C=O) groups is 1. The number of aliphatic hydroxyl groups excluding tert-OH is 1. The van der Waals surface area contributed by atoms with Crippen molar-refractivity contribution in [1.29, 1.82) is 0 Å². The molecule has 1 aromatic heterocycles. The summed E-state index contributed by atoms with van der Waals surface area (Å²) >= 11 is 0. The minimum absolute atomic E-state index is 0.0553. The van der Waals surface area contributed by atoms with E-state index in [-0.39, 0.29) is 41.8 Å². The topological polar surface area (TPSA) is 71.8 Å². The summed E-state index contributed by atoms with van der Waals surface area (Å²) < 4.78 is 19.8. The van der Waals surface area contributed by atoms with Gasteiger partial charge in [-0.1, -0.05) is 12.1 Å². The Morgan fingerprint density at radius 2 is 1.96 bits per heavy atom. The van der Waals surface area contributed by atoms with E-state index in [2.05, 4.69) is 0 Å². The molecule has 6 nitrogen and oxygen atoms in total. The molecule has 1 fully saturated rings. The van der Waals surface area contributed by atoms with Crippen LogP contribution in [0.3, 0.4) is 0 Å². The molecule has 3 heterocycles. The van der Waals surface area contributed by atoms with Crippen molar-refractivity contribution in [3.63, 3.8) is 0 Å². The first-order valence-corrected chi connectivity index (χ1v) is 8.88. The highest BCUT2D eigenvalue weighted by molar-refractivity contribution is 5.77. The van der Waals surface area contributed by atoms with E-state index in [0.717, 1.165) is 5.69 Å².